The molecule has 0 bridgehead atoms. The van der Waals surface area contributed by atoms with Crippen molar-refractivity contribution in [3.63, 3.8) is 0 Å². The number of nitrogens with zero attached hydrogens (tertiary/aromatic N) is 1. The fourth-order valence-corrected chi connectivity index (χ4v) is 3.32. The molecule has 0 radical (unpaired) electrons. The Kier molecular flexibility index (Phi) is 3.80. The highest BCUT2D eigenvalue weighted by Crippen LogP contribution is 2.52. The summed E-state index contributed by atoms with van der Waals surface area (Å²) < 4.78 is 11.3. The summed E-state index contributed by atoms with van der Waals surface area (Å²) in [6.45, 7) is 6.62. The lowest BCUT2D eigenvalue weighted by molar-refractivity contribution is -0.123. The van der Waals surface area contributed by atoms with Gasteiger partial charge in [-0.05, 0) is 33.8 Å². The predicted molar refractivity (Wildman–Crippen MR) is 93.2 cm³/mol. The highest BCUT2D eigenvalue weighted by atomic mass is 16.7. The van der Waals surface area contributed by atoms with E-state index in [2.05, 4.69) is 5.32 Å². The Balaban J connectivity index is 2.42. The van der Waals surface area contributed by atoms with E-state index in [1.165, 1.54) is 6.92 Å². The number of carbonyl (C=O) groups is 2. The van der Waals surface area contributed by atoms with E-state index in [0.717, 1.165) is 0 Å². The molecule has 1 aromatic carbocycles. The summed E-state index contributed by atoms with van der Waals surface area (Å²) in [5, 5.41) is 12.5. The molecule has 0 saturated heterocycles. The molecule has 0 saturated carbocycles. The third kappa shape index (κ3) is 2.34. The lowest BCUT2D eigenvalue weighted by Gasteiger charge is -2.36. The van der Waals surface area contributed by atoms with E-state index >= 15 is 0 Å². The summed E-state index contributed by atoms with van der Waals surface area (Å²) in [5.74, 6) is -1.41. The second-order valence-electron chi connectivity index (χ2n) is 7.14. The second kappa shape index (κ2) is 5.63. The van der Waals surface area contributed by atoms with Crippen LogP contribution in [0.3, 0.4) is 0 Å². The van der Waals surface area contributed by atoms with Gasteiger partial charge in [0.2, 0.25) is 11.8 Å². The average Bonchev–Trinajstić information content (AvgIpc) is 2.79. The number of benzene rings is 1. The van der Waals surface area contributed by atoms with Gasteiger partial charge in [0, 0.05) is 11.3 Å². The normalized spacial score (nSPS) is 21.9. The molecule has 2 aliphatic rings. The number of ether oxygens (including phenoxy) is 2. The van der Waals surface area contributed by atoms with Crippen molar-refractivity contribution in [1.82, 2.24) is 0 Å². The summed E-state index contributed by atoms with van der Waals surface area (Å²) in [4.78, 5) is 25.7. The molecule has 7 heteroatoms. The van der Waals surface area contributed by atoms with Gasteiger partial charge in [-0.3, -0.25) is 9.59 Å². The molecule has 1 amide bonds. The van der Waals surface area contributed by atoms with Crippen LogP contribution >= 0.6 is 0 Å². The lowest BCUT2D eigenvalue weighted by atomic mass is 9.68. The van der Waals surface area contributed by atoms with Crippen LogP contribution in [0, 0.1) is 11.3 Å². The van der Waals surface area contributed by atoms with Gasteiger partial charge in [-0.15, -0.1) is 0 Å². The minimum Gasteiger partial charge on any atom is -0.459 e. The quantitative estimate of drug-likeness (QED) is 0.842. The van der Waals surface area contributed by atoms with Gasteiger partial charge in [0.1, 0.15) is 22.8 Å². The van der Waals surface area contributed by atoms with Crippen molar-refractivity contribution in [2.24, 2.45) is 5.73 Å². The molecule has 3 rings (SSSR count). The number of nitriles is 1. The number of Topliss-reactive ketones (excluding diaryl/α,β-unsaturated/α-hetero) is 1. The lowest BCUT2D eigenvalue weighted by Crippen LogP contribution is -2.46. The SMILES string of the molecule is CC(=O)C1=C(OC(C)(C)C)OC(N)=C(C#N)C12C(=O)Nc1ccccc12. The van der Waals surface area contributed by atoms with Crippen LogP contribution in [0.4, 0.5) is 5.69 Å². The van der Waals surface area contributed by atoms with Crippen molar-refractivity contribution in [2.45, 2.75) is 38.7 Å². The molecule has 2 heterocycles. The van der Waals surface area contributed by atoms with Crippen LogP contribution in [0.25, 0.3) is 0 Å². The maximum Gasteiger partial charge on any atom is 0.295 e. The van der Waals surface area contributed by atoms with E-state index in [-0.39, 0.29) is 23.0 Å². The number of carbonyl (C=O) groups excluding carboxylic acids is 2. The largest absolute Gasteiger partial charge is 0.459 e. The number of rotatable bonds is 2. The van der Waals surface area contributed by atoms with Crippen molar-refractivity contribution in [3.8, 4) is 6.07 Å². The number of ketones is 1. The fraction of sp³-hybridized carbons (Fsp3) is 0.316. The van der Waals surface area contributed by atoms with Gasteiger partial charge in [-0.2, -0.15) is 5.26 Å². The zero-order valence-electron chi connectivity index (χ0n) is 15.0. The van der Waals surface area contributed by atoms with Crippen LogP contribution in [-0.4, -0.2) is 17.3 Å². The Hall–Kier alpha value is -3.27. The smallest absolute Gasteiger partial charge is 0.295 e. The first-order valence-electron chi connectivity index (χ1n) is 8.06. The summed E-state index contributed by atoms with van der Waals surface area (Å²) in [5.41, 5.74) is 4.36. The fourth-order valence-electron chi connectivity index (χ4n) is 3.32. The summed E-state index contributed by atoms with van der Waals surface area (Å²) in [6.07, 6.45) is 0. The first-order valence-corrected chi connectivity index (χ1v) is 8.06. The van der Waals surface area contributed by atoms with Gasteiger partial charge >= 0.3 is 0 Å². The van der Waals surface area contributed by atoms with E-state index in [1.807, 2.05) is 6.07 Å². The molecule has 0 aromatic heterocycles. The predicted octanol–water partition coefficient (Wildman–Crippen LogP) is 2.22. The summed E-state index contributed by atoms with van der Waals surface area (Å²) in [6, 6.07) is 8.81. The molecule has 3 N–H and O–H groups in total. The van der Waals surface area contributed by atoms with Crippen LogP contribution < -0.4 is 11.1 Å². The number of nitrogens with two attached hydrogens (primary N) is 1. The van der Waals surface area contributed by atoms with E-state index < -0.39 is 22.7 Å². The molecule has 1 aromatic rings. The molecule has 26 heavy (non-hydrogen) atoms. The molecule has 1 spiro atoms. The van der Waals surface area contributed by atoms with Gasteiger partial charge in [-0.1, -0.05) is 18.2 Å². The molecule has 0 fully saturated rings. The van der Waals surface area contributed by atoms with E-state index in [9.17, 15) is 14.9 Å². The topological polar surface area (TPSA) is 114 Å². The molecule has 1 atom stereocenters. The molecule has 0 aliphatic carbocycles. The molecule has 134 valence electrons. The standard InChI is InChI=1S/C19H19N3O4/c1-10(23)14-16(26-18(2,3)4)25-15(21)12(9-20)19(14)11-7-5-6-8-13(11)22-17(19)24/h5-8H,21H2,1-4H3,(H,22,24). The van der Waals surface area contributed by atoms with Crippen molar-refractivity contribution in [3.05, 3.63) is 52.8 Å². The molecule has 1 unspecified atom stereocenters. The van der Waals surface area contributed by atoms with Crippen LogP contribution in [0.1, 0.15) is 33.3 Å². The third-order valence-electron chi connectivity index (χ3n) is 4.19. The van der Waals surface area contributed by atoms with E-state index in [1.54, 1.807) is 45.0 Å². The number of fused-ring (bicyclic) bond motifs is 2. The van der Waals surface area contributed by atoms with E-state index in [4.69, 9.17) is 15.2 Å². The number of para-hydroxylation sites is 1. The average molecular weight is 353 g/mol. The molecule has 2 aliphatic heterocycles. The Bertz CT molecular complexity index is 931. The molecular formula is C19H19N3O4. The number of hydrogen-bond donors (Lipinski definition) is 2. The van der Waals surface area contributed by atoms with Crippen LogP contribution in [0.5, 0.6) is 0 Å². The first-order chi connectivity index (χ1) is 12.1. The minimum atomic E-state index is -1.69. The van der Waals surface area contributed by atoms with Crippen LogP contribution in [-0.2, 0) is 24.5 Å². The van der Waals surface area contributed by atoms with Gasteiger partial charge in [0.05, 0.1) is 0 Å². The number of nitrogens with one attached hydrogen (secondary N) is 1. The number of anilines is 1. The summed E-state index contributed by atoms with van der Waals surface area (Å²) in [7, 11) is 0. The van der Waals surface area contributed by atoms with Crippen molar-refractivity contribution < 1.29 is 19.1 Å². The maximum absolute atomic E-state index is 13.1. The second-order valence-corrected chi connectivity index (χ2v) is 7.14. The highest BCUT2D eigenvalue weighted by Gasteiger charge is 2.59. The van der Waals surface area contributed by atoms with Crippen molar-refractivity contribution in [1.29, 1.82) is 5.26 Å². The zero-order chi connectivity index (χ0) is 19.3. The Morgan fingerprint density at radius 3 is 2.58 bits per heavy atom. The Morgan fingerprint density at radius 1 is 1.35 bits per heavy atom. The number of amides is 1. The Morgan fingerprint density at radius 2 is 2.00 bits per heavy atom. The third-order valence-corrected chi connectivity index (χ3v) is 4.19. The van der Waals surface area contributed by atoms with Crippen molar-refractivity contribution >= 4 is 17.4 Å². The van der Waals surface area contributed by atoms with Crippen LogP contribution in [0.15, 0.2) is 47.2 Å². The van der Waals surface area contributed by atoms with Gasteiger partial charge in [0.25, 0.3) is 5.95 Å². The monoisotopic (exact) mass is 353 g/mol. The number of hydrogen-bond acceptors (Lipinski definition) is 6. The highest BCUT2D eigenvalue weighted by molar-refractivity contribution is 6.18. The Labute approximate surface area is 151 Å². The molecule has 7 nitrogen and oxygen atoms in total. The van der Waals surface area contributed by atoms with Crippen molar-refractivity contribution in [2.75, 3.05) is 5.32 Å². The first kappa shape index (κ1) is 17.5. The van der Waals surface area contributed by atoms with Gasteiger partial charge in [-0.25, -0.2) is 0 Å². The van der Waals surface area contributed by atoms with Crippen LogP contribution in [0.2, 0.25) is 0 Å². The minimum absolute atomic E-state index is 0.0411. The van der Waals surface area contributed by atoms with Gasteiger partial charge in [0.15, 0.2) is 11.2 Å². The zero-order valence-corrected chi connectivity index (χ0v) is 15.0. The maximum atomic E-state index is 13.1. The summed E-state index contributed by atoms with van der Waals surface area (Å²) >= 11 is 0. The van der Waals surface area contributed by atoms with Gasteiger partial charge < -0.3 is 20.5 Å². The molecular weight excluding hydrogens is 334 g/mol. The van der Waals surface area contributed by atoms with E-state index in [0.29, 0.717) is 11.3 Å².